The third-order valence-corrected chi connectivity index (χ3v) is 1.73. The molecule has 3 heteroatoms. The fraction of sp³-hybridized carbons (Fsp3) is 0.333. The Morgan fingerprint density at radius 3 is 2.25 bits per heavy atom. The first kappa shape index (κ1) is 11.0. The minimum Gasteiger partial charge on any atom is -1.00 e. The van der Waals surface area contributed by atoms with Crippen LogP contribution in [-0.4, -0.2) is 10.1 Å². The molecule has 0 spiro atoms. The third kappa shape index (κ3) is 2.24. The largest absolute Gasteiger partial charge is 2.00 e. The van der Waals surface area contributed by atoms with Crippen LogP contribution in [0.1, 0.15) is 28.2 Å². The quantitative estimate of drug-likeness (QED) is 0.487. The Balaban J connectivity index is -0.000000403. The molecule has 1 aromatic carbocycles. The van der Waals surface area contributed by atoms with E-state index in [1.54, 1.807) is 0 Å². The average molecular weight is 161 g/mol. The summed E-state index contributed by atoms with van der Waals surface area (Å²) in [7, 11) is 0. The number of nitrogen functional groups attached to an aromatic ring is 2. The van der Waals surface area contributed by atoms with Crippen molar-refractivity contribution in [2.45, 2.75) is 19.8 Å². The van der Waals surface area contributed by atoms with Crippen molar-refractivity contribution in [3.05, 3.63) is 23.8 Å². The van der Waals surface area contributed by atoms with E-state index in [0.717, 1.165) is 16.9 Å². The van der Waals surface area contributed by atoms with Crippen LogP contribution in [-0.2, 0) is 0 Å². The van der Waals surface area contributed by atoms with Crippen LogP contribution in [0.15, 0.2) is 18.2 Å². The molecule has 0 unspecified atom stereocenters. The van der Waals surface area contributed by atoms with Crippen LogP contribution in [0.2, 0.25) is 0 Å². The Morgan fingerprint density at radius 2 is 1.83 bits per heavy atom. The van der Waals surface area contributed by atoms with Crippen molar-refractivity contribution in [2.24, 2.45) is 0 Å². The summed E-state index contributed by atoms with van der Waals surface area (Å²) in [5, 5.41) is 0. The number of anilines is 2. The fourth-order valence-corrected chi connectivity index (χ4v) is 1.09. The van der Waals surface area contributed by atoms with Crippen LogP contribution < -0.4 is 11.5 Å². The van der Waals surface area contributed by atoms with Gasteiger partial charge in [0, 0.05) is 11.4 Å². The van der Waals surface area contributed by atoms with E-state index in [-0.39, 0.29) is 13.0 Å². The number of benzene rings is 1. The minimum absolute atomic E-state index is 0. The van der Waals surface area contributed by atoms with E-state index in [4.69, 9.17) is 11.5 Å². The van der Waals surface area contributed by atoms with Crippen molar-refractivity contribution in [1.82, 2.24) is 0 Å². The molecule has 12 heavy (non-hydrogen) atoms. The Hall–Kier alpha value is -1.01. The maximum Gasteiger partial charge on any atom is 2.00 e. The maximum absolute atomic E-state index is 5.73. The zero-order chi connectivity index (χ0) is 8.43. The van der Waals surface area contributed by atoms with E-state index in [1.807, 2.05) is 18.2 Å². The average Bonchev–Trinajstić information content (AvgIpc) is 1.94. The van der Waals surface area contributed by atoms with Crippen LogP contribution in [0.25, 0.3) is 0 Å². The third-order valence-electron chi connectivity index (χ3n) is 1.73. The summed E-state index contributed by atoms with van der Waals surface area (Å²) in [6.45, 7) is 4.20. The summed E-state index contributed by atoms with van der Waals surface area (Å²) >= 11 is 0. The van der Waals surface area contributed by atoms with Crippen LogP contribution in [0.4, 0.5) is 11.4 Å². The summed E-state index contributed by atoms with van der Waals surface area (Å²) in [4.78, 5) is 0. The normalized spacial score (nSPS) is 9.58. The van der Waals surface area contributed by atoms with Crippen molar-refractivity contribution >= 4 is 21.5 Å². The van der Waals surface area contributed by atoms with Crippen molar-refractivity contribution in [3.8, 4) is 0 Å². The molecule has 0 bridgehead atoms. The topological polar surface area (TPSA) is 52.0 Å². The van der Waals surface area contributed by atoms with Gasteiger partial charge < -0.3 is 14.3 Å². The molecule has 0 aliphatic rings. The minimum atomic E-state index is 0. The first-order chi connectivity index (χ1) is 5.11. The number of nitrogens with two attached hydrogens (primary N) is 2. The molecule has 0 aromatic heterocycles. The molecule has 0 radical (unpaired) electrons. The van der Waals surface area contributed by atoms with Gasteiger partial charge in [0.25, 0.3) is 0 Å². The van der Waals surface area contributed by atoms with Gasteiger partial charge in [-0.3, -0.25) is 0 Å². The van der Waals surface area contributed by atoms with Gasteiger partial charge in [0.1, 0.15) is 0 Å². The second kappa shape index (κ2) is 4.12. The van der Waals surface area contributed by atoms with Crippen LogP contribution in [0.5, 0.6) is 0 Å². The standard InChI is InChI=1S/C9H14N2.Be.2H/c1-6(2)8-5-7(10)3-4-9(8)11;;;/h3-6H,10-11H2,1-2H3;;;/q;+2;2*-1. The molecule has 0 amide bonds. The van der Waals surface area contributed by atoms with Gasteiger partial charge in [-0.05, 0) is 29.7 Å². The number of hydrogen-bond donors (Lipinski definition) is 2. The summed E-state index contributed by atoms with van der Waals surface area (Å²) in [6, 6.07) is 5.60. The van der Waals surface area contributed by atoms with Gasteiger partial charge in [-0.15, -0.1) is 0 Å². The summed E-state index contributed by atoms with van der Waals surface area (Å²) in [6.07, 6.45) is 0. The smallest absolute Gasteiger partial charge is 1.00 e. The van der Waals surface area contributed by atoms with E-state index in [0.29, 0.717) is 5.92 Å². The zero-order valence-electron chi connectivity index (χ0n) is 9.67. The van der Waals surface area contributed by atoms with E-state index in [9.17, 15) is 0 Å². The fourth-order valence-electron chi connectivity index (χ4n) is 1.09. The predicted molar refractivity (Wildman–Crippen MR) is 57.3 cm³/mol. The van der Waals surface area contributed by atoms with Crippen molar-refractivity contribution in [3.63, 3.8) is 0 Å². The Kier molecular flexibility index (Phi) is 3.78. The molecule has 0 heterocycles. The van der Waals surface area contributed by atoms with Crippen LogP contribution in [0.3, 0.4) is 0 Å². The second-order valence-corrected chi connectivity index (χ2v) is 3.04. The summed E-state index contributed by atoms with van der Waals surface area (Å²) < 4.78 is 0. The molecule has 0 atom stereocenters. The molecule has 0 aliphatic heterocycles. The van der Waals surface area contributed by atoms with E-state index in [1.165, 1.54) is 0 Å². The summed E-state index contributed by atoms with van der Waals surface area (Å²) in [5.74, 6) is 0.443. The molecule has 64 valence electrons. The number of hydrogen-bond acceptors (Lipinski definition) is 2. The monoisotopic (exact) mass is 161 g/mol. The van der Waals surface area contributed by atoms with Gasteiger partial charge in [0.2, 0.25) is 0 Å². The van der Waals surface area contributed by atoms with E-state index >= 15 is 0 Å². The Bertz CT molecular complexity index is 267. The van der Waals surface area contributed by atoms with Gasteiger partial charge in [0.15, 0.2) is 0 Å². The molecule has 0 saturated heterocycles. The van der Waals surface area contributed by atoms with E-state index < -0.39 is 0 Å². The van der Waals surface area contributed by atoms with Crippen LogP contribution in [0, 0.1) is 0 Å². The molecular weight excluding hydrogens is 145 g/mol. The van der Waals surface area contributed by atoms with E-state index in [2.05, 4.69) is 13.8 Å². The molecule has 2 nitrogen and oxygen atoms in total. The van der Waals surface area contributed by atoms with Crippen molar-refractivity contribution in [2.75, 3.05) is 11.5 Å². The summed E-state index contributed by atoms with van der Waals surface area (Å²) in [5.41, 5.74) is 14.1. The van der Waals surface area contributed by atoms with Crippen LogP contribution >= 0.6 is 0 Å². The van der Waals surface area contributed by atoms with Gasteiger partial charge in [-0.1, -0.05) is 13.8 Å². The van der Waals surface area contributed by atoms with Crippen molar-refractivity contribution in [1.29, 1.82) is 0 Å². The van der Waals surface area contributed by atoms with Gasteiger partial charge in [-0.25, -0.2) is 0 Å². The van der Waals surface area contributed by atoms with Gasteiger partial charge in [0.05, 0.1) is 0 Å². The Labute approximate surface area is 80.1 Å². The van der Waals surface area contributed by atoms with Gasteiger partial charge >= 0.3 is 10.1 Å². The van der Waals surface area contributed by atoms with Crippen molar-refractivity contribution < 1.29 is 2.85 Å². The first-order valence-electron chi connectivity index (χ1n) is 3.76. The molecule has 1 aromatic rings. The SMILES string of the molecule is CC(C)c1cc(N)ccc1N.[Be+2].[H-].[H-]. The molecule has 0 fully saturated rings. The molecule has 1 rings (SSSR count). The molecule has 0 saturated carbocycles. The number of rotatable bonds is 1. The molecular formula is C9H16BeN2. The predicted octanol–water partition coefficient (Wildman–Crippen LogP) is 1.82. The zero-order valence-corrected chi connectivity index (χ0v) is 7.67. The first-order valence-corrected chi connectivity index (χ1v) is 3.76. The Morgan fingerprint density at radius 1 is 1.25 bits per heavy atom. The molecule has 4 N–H and O–H groups in total. The second-order valence-electron chi connectivity index (χ2n) is 3.04. The molecule has 0 aliphatic carbocycles. The van der Waals surface area contributed by atoms with Gasteiger partial charge in [-0.2, -0.15) is 0 Å². The maximum atomic E-state index is 5.73.